The predicted octanol–water partition coefficient (Wildman–Crippen LogP) is 6.09. The molecule has 0 aliphatic heterocycles. The number of nitrogens with zero attached hydrogens (tertiary/aromatic N) is 1. The van der Waals surface area contributed by atoms with Gasteiger partial charge in [0.2, 0.25) is 0 Å². The van der Waals surface area contributed by atoms with Gasteiger partial charge in [-0.25, -0.2) is 0 Å². The molecule has 0 saturated heterocycles. The number of methoxy groups -OCH3 is 4. The highest BCUT2D eigenvalue weighted by Gasteiger charge is 2.47. The van der Waals surface area contributed by atoms with Gasteiger partial charge >= 0.3 is 5.97 Å². The molecule has 1 aliphatic rings. The van der Waals surface area contributed by atoms with Crippen LogP contribution in [0, 0.1) is 5.92 Å². The summed E-state index contributed by atoms with van der Waals surface area (Å²) >= 11 is 0. The van der Waals surface area contributed by atoms with Crippen molar-refractivity contribution in [3.63, 3.8) is 0 Å². The number of hydrogen-bond donors (Lipinski definition) is 0. The van der Waals surface area contributed by atoms with Gasteiger partial charge < -0.3 is 28.6 Å². The van der Waals surface area contributed by atoms with Gasteiger partial charge in [-0.15, -0.1) is 12.4 Å². The summed E-state index contributed by atoms with van der Waals surface area (Å²) in [6.45, 7) is 7.72. The maximum atomic E-state index is 12.4. The standard InChI is InChI=1S/C31H45NO6.ClH/c1-21(2)30-25-20-29(37-8)28(36-7)19-24(25)13-14-31(30,38-22(3)33)15-17-32(4)16-9-10-23-11-12-26(34-5)27(18-23)35-6;/h11-12,18-21,30H,9-10,13-17H2,1-8H3;1H/t30-,31-;/m0./s1. The molecular weight excluding hydrogens is 518 g/mol. The molecule has 0 fully saturated rings. The Morgan fingerprint density at radius 3 is 2.15 bits per heavy atom. The monoisotopic (exact) mass is 563 g/mol. The fourth-order valence-corrected chi connectivity index (χ4v) is 6.01. The molecule has 0 amide bonds. The molecule has 2 aromatic carbocycles. The molecule has 0 aromatic heterocycles. The van der Waals surface area contributed by atoms with Crippen LogP contribution in [-0.4, -0.2) is 65.0 Å². The third-order valence-electron chi connectivity index (χ3n) is 7.75. The van der Waals surface area contributed by atoms with Crippen LogP contribution in [0.25, 0.3) is 0 Å². The number of benzene rings is 2. The SMILES string of the molecule is COc1ccc(CCCN(C)CC[C@@]2(OC(C)=O)CCc3cc(OC)c(OC)cc3[C@@H]2C(C)C)cc1OC.Cl. The fraction of sp³-hybridized carbons (Fsp3) is 0.581. The zero-order valence-electron chi connectivity index (χ0n) is 24.8. The van der Waals surface area contributed by atoms with Crippen molar-refractivity contribution in [3.05, 3.63) is 47.0 Å². The molecule has 2 atom stereocenters. The van der Waals surface area contributed by atoms with Gasteiger partial charge in [0.25, 0.3) is 0 Å². The van der Waals surface area contributed by atoms with Gasteiger partial charge in [-0.05, 0) is 86.1 Å². The second-order valence-electron chi connectivity index (χ2n) is 10.6. The summed E-state index contributed by atoms with van der Waals surface area (Å²) in [5, 5.41) is 0. The van der Waals surface area contributed by atoms with Gasteiger partial charge in [-0.3, -0.25) is 4.79 Å². The van der Waals surface area contributed by atoms with Gasteiger partial charge in [0.1, 0.15) is 5.60 Å². The minimum absolute atomic E-state index is 0. The molecule has 3 rings (SSSR count). The molecule has 0 spiro atoms. The molecule has 0 unspecified atom stereocenters. The number of fused-ring (bicyclic) bond motifs is 1. The van der Waals surface area contributed by atoms with E-state index in [1.54, 1.807) is 28.4 Å². The quantitative estimate of drug-likeness (QED) is 0.273. The Bertz CT molecular complexity index is 1090. The van der Waals surface area contributed by atoms with Crippen LogP contribution < -0.4 is 18.9 Å². The number of carbonyl (C=O) groups excluding carboxylic acids is 1. The second-order valence-corrected chi connectivity index (χ2v) is 10.6. The van der Waals surface area contributed by atoms with E-state index in [2.05, 4.69) is 44.0 Å². The lowest BCUT2D eigenvalue weighted by atomic mass is 9.65. The average Bonchev–Trinajstić information content (AvgIpc) is 2.90. The lowest BCUT2D eigenvalue weighted by Crippen LogP contribution is -2.48. The highest BCUT2D eigenvalue weighted by Crippen LogP contribution is 2.50. The van der Waals surface area contributed by atoms with E-state index in [9.17, 15) is 4.79 Å². The first kappa shape index (κ1) is 32.6. The van der Waals surface area contributed by atoms with Gasteiger partial charge in [-0.2, -0.15) is 0 Å². The summed E-state index contributed by atoms with van der Waals surface area (Å²) < 4.78 is 28.2. The highest BCUT2D eigenvalue weighted by molar-refractivity contribution is 5.85. The van der Waals surface area contributed by atoms with Gasteiger partial charge in [0.15, 0.2) is 23.0 Å². The summed E-state index contributed by atoms with van der Waals surface area (Å²) in [7, 11) is 8.78. The second kappa shape index (κ2) is 14.7. The van der Waals surface area contributed by atoms with E-state index >= 15 is 0 Å². The molecule has 218 valence electrons. The van der Waals surface area contributed by atoms with Crippen molar-refractivity contribution in [1.29, 1.82) is 0 Å². The third kappa shape index (κ3) is 7.73. The number of aryl methyl sites for hydroxylation is 2. The number of rotatable bonds is 13. The van der Waals surface area contributed by atoms with Crippen molar-refractivity contribution in [3.8, 4) is 23.0 Å². The fourth-order valence-electron chi connectivity index (χ4n) is 6.01. The van der Waals surface area contributed by atoms with Crippen molar-refractivity contribution >= 4 is 18.4 Å². The summed E-state index contributed by atoms with van der Waals surface area (Å²) in [6, 6.07) is 10.3. The van der Waals surface area contributed by atoms with Crippen LogP contribution in [0.5, 0.6) is 23.0 Å². The van der Waals surface area contributed by atoms with Gasteiger partial charge in [-0.1, -0.05) is 19.9 Å². The Balaban J connectivity index is 0.00000533. The van der Waals surface area contributed by atoms with Crippen molar-refractivity contribution in [1.82, 2.24) is 4.90 Å². The van der Waals surface area contributed by atoms with Crippen LogP contribution in [0.4, 0.5) is 0 Å². The zero-order valence-corrected chi connectivity index (χ0v) is 25.6. The Hall–Kier alpha value is -2.64. The number of ether oxygens (including phenoxy) is 5. The zero-order chi connectivity index (χ0) is 27.9. The largest absolute Gasteiger partial charge is 0.493 e. The van der Waals surface area contributed by atoms with Crippen LogP contribution in [-0.2, 0) is 22.4 Å². The Morgan fingerprint density at radius 1 is 0.949 bits per heavy atom. The van der Waals surface area contributed by atoms with Crippen LogP contribution in [0.2, 0.25) is 0 Å². The van der Waals surface area contributed by atoms with E-state index in [1.165, 1.54) is 23.6 Å². The predicted molar refractivity (Wildman–Crippen MR) is 157 cm³/mol. The van der Waals surface area contributed by atoms with Crippen LogP contribution >= 0.6 is 12.4 Å². The van der Waals surface area contributed by atoms with Crippen molar-refractivity contribution in [2.45, 2.75) is 64.4 Å². The van der Waals surface area contributed by atoms with E-state index in [-0.39, 0.29) is 30.2 Å². The van der Waals surface area contributed by atoms with Crippen molar-refractivity contribution in [2.75, 3.05) is 48.6 Å². The normalized spacial score (nSPS) is 18.3. The number of hydrogen-bond acceptors (Lipinski definition) is 7. The first-order valence-electron chi connectivity index (χ1n) is 13.5. The lowest BCUT2D eigenvalue weighted by Gasteiger charge is -2.47. The van der Waals surface area contributed by atoms with E-state index in [0.29, 0.717) is 5.75 Å². The summed E-state index contributed by atoms with van der Waals surface area (Å²) in [5.41, 5.74) is 3.10. The minimum atomic E-state index is -0.565. The molecule has 8 heteroatoms. The average molecular weight is 564 g/mol. The summed E-state index contributed by atoms with van der Waals surface area (Å²) in [5.74, 6) is 3.07. The third-order valence-corrected chi connectivity index (χ3v) is 7.75. The molecule has 0 N–H and O–H groups in total. The molecule has 0 bridgehead atoms. The van der Waals surface area contributed by atoms with E-state index < -0.39 is 5.60 Å². The topological polar surface area (TPSA) is 66.5 Å². The molecular formula is C31H46ClNO6. The molecule has 0 radical (unpaired) electrons. The summed E-state index contributed by atoms with van der Waals surface area (Å²) in [4.78, 5) is 14.7. The van der Waals surface area contributed by atoms with Crippen molar-refractivity contribution in [2.24, 2.45) is 5.92 Å². The number of halogens is 1. The Morgan fingerprint density at radius 2 is 1.56 bits per heavy atom. The first-order valence-corrected chi connectivity index (χ1v) is 13.5. The first-order chi connectivity index (χ1) is 18.2. The van der Waals surface area contributed by atoms with Crippen molar-refractivity contribution < 1.29 is 28.5 Å². The van der Waals surface area contributed by atoms with Gasteiger partial charge in [0, 0.05) is 25.8 Å². The number of esters is 1. The molecule has 39 heavy (non-hydrogen) atoms. The molecule has 2 aromatic rings. The Labute approximate surface area is 240 Å². The van der Waals surface area contributed by atoms with Crippen LogP contribution in [0.1, 0.15) is 62.6 Å². The Kier molecular flexibility index (Phi) is 12.2. The molecule has 0 saturated carbocycles. The lowest BCUT2D eigenvalue weighted by molar-refractivity contribution is -0.164. The minimum Gasteiger partial charge on any atom is -0.493 e. The van der Waals surface area contributed by atoms with E-state index in [1.807, 2.05) is 12.1 Å². The maximum Gasteiger partial charge on any atom is 0.303 e. The van der Waals surface area contributed by atoms with Crippen LogP contribution in [0.15, 0.2) is 30.3 Å². The van der Waals surface area contributed by atoms with E-state index in [4.69, 9.17) is 23.7 Å². The molecule has 1 aliphatic carbocycles. The highest BCUT2D eigenvalue weighted by atomic mass is 35.5. The molecule has 7 nitrogen and oxygen atoms in total. The number of carbonyl (C=O) groups is 1. The maximum absolute atomic E-state index is 12.4. The van der Waals surface area contributed by atoms with Gasteiger partial charge in [0.05, 0.1) is 28.4 Å². The smallest absolute Gasteiger partial charge is 0.303 e. The van der Waals surface area contributed by atoms with Crippen LogP contribution in [0.3, 0.4) is 0 Å². The van der Waals surface area contributed by atoms with E-state index in [0.717, 1.165) is 62.4 Å². The molecule has 0 heterocycles. The summed E-state index contributed by atoms with van der Waals surface area (Å²) in [6.07, 6.45) is 4.35.